The summed E-state index contributed by atoms with van der Waals surface area (Å²) in [6.07, 6.45) is 8.46. The summed E-state index contributed by atoms with van der Waals surface area (Å²) in [5, 5.41) is 0. The molecule has 1 heterocycles. The number of aromatic nitrogens is 1. The quantitative estimate of drug-likeness (QED) is 0.572. The van der Waals surface area contributed by atoms with Crippen LogP contribution < -0.4 is 0 Å². The fourth-order valence-electron chi connectivity index (χ4n) is 3.81. The summed E-state index contributed by atoms with van der Waals surface area (Å²) in [5.41, 5.74) is 4.99. The van der Waals surface area contributed by atoms with E-state index in [1.807, 2.05) is 18.3 Å². The fraction of sp³-hybridized carbons (Fsp3) is 0.429. The fourth-order valence-corrected chi connectivity index (χ4v) is 3.81. The van der Waals surface area contributed by atoms with Crippen LogP contribution in [0.5, 0.6) is 0 Å². The molecule has 0 radical (unpaired) electrons. The Hall–Kier alpha value is -2.36. The molecule has 1 fully saturated rings. The van der Waals surface area contributed by atoms with E-state index >= 15 is 0 Å². The average Bonchev–Trinajstić information content (AvgIpc) is 2.93. The predicted octanol–water partition coefficient (Wildman–Crippen LogP) is 5.15. The molecular weight excluding hydrogens is 312 g/mol. The third-order valence-corrected chi connectivity index (χ3v) is 5.08. The molecular formula is C21H26N2O2. The van der Waals surface area contributed by atoms with Gasteiger partial charge in [-0.25, -0.2) is 4.79 Å². The highest BCUT2D eigenvalue weighted by atomic mass is 16.5. The number of ether oxygens (including phenoxy) is 1. The lowest BCUT2D eigenvalue weighted by Gasteiger charge is -2.26. The summed E-state index contributed by atoms with van der Waals surface area (Å²) in [7, 11) is 1.39. The standard InChI is InChI=1S/C21H26N2O2/c1-15-12-18(16(2)23(15)20-10-5-4-6-11-20)14-22-19-9-7-8-17(13-19)21(24)25-3/h7-9,12-14,20H,4-6,10-11H2,1-3H3. The molecule has 0 spiro atoms. The van der Waals surface area contributed by atoms with Crippen molar-refractivity contribution in [3.8, 4) is 0 Å². The molecule has 1 aliphatic rings. The third kappa shape index (κ3) is 3.84. The molecule has 2 aromatic rings. The Morgan fingerprint density at radius 2 is 1.96 bits per heavy atom. The van der Waals surface area contributed by atoms with E-state index in [4.69, 9.17) is 4.74 Å². The molecule has 1 aromatic carbocycles. The van der Waals surface area contributed by atoms with E-state index in [-0.39, 0.29) is 5.97 Å². The van der Waals surface area contributed by atoms with E-state index in [0.29, 0.717) is 11.6 Å². The molecule has 4 heteroatoms. The molecule has 1 aliphatic carbocycles. The van der Waals surface area contributed by atoms with Crippen LogP contribution in [-0.2, 0) is 4.74 Å². The number of aryl methyl sites for hydroxylation is 1. The summed E-state index contributed by atoms with van der Waals surface area (Å²) in [5.74, 6) is -0.340. The number of methoxy groups -OCH3 is 1. The lowest BCUT2D eigenvalue weighted by molar-refractivity contribution is 0.0601. The molecule has 0 atom stereocenters. The molecule has 1 saturated carbocycles. The molecule has 0 bridgehead atoms. The van der Waals surface area contributed by atoms with Crippen LogP contribution in [0.15, 0.2) is 35.3 Å². The first-order chi connectivity index (χ1) is 12.1. The smallest absolute Gasteiger partial charge is 0.337 e. The number of hydrogen-bond acceptors (Lipinski definition) is 3. The first-order valence-corrected chi connectivity index (χ1v) is 9.01. The first kappa shape index (κ1) is 17.5. The minimum absolute atomic E-state index is 0.340. The SMILES string of the molecule is COC(=O)c1cccc(N=Cc2cc(C)n(C3CCCCC3)c2C)c1. The maximum atomic E-state index is 11.6. The molecule has 1 aromatic heterocycles. The number of aliphatic imine (C=N–C) groups is 1. The normalized spacial score (nSPS) is 15.6. The topological polar surface area (TPSA) is 43.6 Å². The van der Waals surface area contributed by atoms with E-state index in [2.05, 4.69) is 29.5 Å². The minimum Gasteiger partial charge on any atom is -0.465 e. The van der Waals surface area contributed by atoms with Crippen LogP contribution in [0.4, 0.5) is 5.69 Å². The van der Waals surface area contributed by atoms with Crippen LogP contribution in [0, 0.1) is 13.8 Å². The number of benzene rings is 1. The Balaban J connectivity index is 1.83. The van der Waals surface area contributed by atoms with Crippen molar-refractivity contribution in [2.45, 2.75) is 52.0 Å². The molecule has 132 valence electrons. The molecule has 3 rings (SSSR count). The molecule has 0 unspecified atom stereocenters. The zero-order chi connectivity index (χ0) is 17.8. The zero-order valence-corrected chi connectivity index (χ0v) is 15.3. The van der Waals surface area contributed by atoms with Gasteiger partial charge in [0.1, 0.15) is 0 Å². The summed E-state index contributed by atoms with van der Waals surface area (Å²) in [4.78, 5) is 16.2. The Morgan fingerprint density at radius 3 is 2.68 bits per heavy atom. The largest absolute Gasteiger partial charge is 0.465 e. The average molecular weight is 338 g/mol. The Kier molecular flexibility index (Phi) is 5.37. The van der Waals surface area contributed by atoms with E-state index in [9.17, 15) is 4.79 Å². The summed E-state index contributed by atoms with van der Waals surface area (Å²) >= 11 is 0. The van der Waals surface area contributed by atoms with Crippen LogP contribution in [0.25, 0.3) is 0 Å². The summed E-state index contributed by atoms with van der Waals surface area (Å²) in [6, 6.07) is 10.0. The molecule has 0 aliphatic heterocycles. The van der Waals surface area contributed by atoms with Gasteiger partial charge in [-0.05, 0) is 51.0 Å². The van der Waals surface area contributed by atoms with Gasteiger partial charge in [0.05, 0.1) is 18.4 Å². The summed E-state index contributed by atoms with van der Waals surface area (Å²) < 4.78 is 7.24. The van der Waals surface area contributed by atoms with E-state index in [1.54, 1.807) is 12.1 Å². The molecule has 25 heavy (non-hydrogen) atoms. The Labute approximate surface area is 149 Å². The number of rotatable bonds is 4. The van der Waals surface area contributed by atoms with Gasteiger partial charge >= 0.3 is 5.97 Å². The maximum Gasteiger partial charge on any atom is 0.337 e. The van der Waals surface area contributed by atoms with Crippen molar-refractivity contribution in [2.24, 2.45) is 4.99 Å². The molecule has 4 nitrogen and oxygen atoms in total. The van der Waals surface area contributed by atoms with Gasteiger partial charge in [-0.2, -0.15) is 0 Å². The van der Waals surface area contributed by atoms with Gasteiger partial charge in [0.25, 0.3) is 0 Å². The van der Waals surface area contributed by atoms with Gasteiger partial charge in [-0.1, -0.05) is 25.3 Å². The Morgan fingerprint density at radius 1 is 1.20 bits per heavy atom. The van der Waals surface area contributed by atoms with E-state index in [1.165, 1.54) is 50.6 Å². The molecule has 0 N–H and O–H groups in total. The second kappa shape index (κ2) is 7.68. The van der Waals surface area contributed by atoms with Crippen LogP contribution in [0.2, 0.25) is 0 Å². The van der Waals surface area contributed by atoms with Crippen LogP contribution in [-0.4, -0.2) is 23.9 Å². The van der Waals surface area contributed by atoms with Crippen molar-refractivity contribution < 1.29 is 9.53 Å². The number of nitrogens with zero attached hydrogens (tertiary/aromatic N) is 2. The Bertz CT molecular complexity index is 783. The van der Waals surface area contributed by atoms with Crippen molar-refractivity contribution in [3.05, 3.63) is 52.8 Å². The highest BCUT2D eigenvalue weighted by Gasteiger charge is 2.19. The van der Waals surface area contributed by atoms with E-state index in [0.717, 1.165) is 11.3 Å². The van der Waals surface area contributed by atoms with Gasteiger partial charge in [-0.3, -0.25) is 4.99 Å². The third-order valence-electron chi connectivity index (χ3n) is 5.08. The van der Waals surface area contributed by atoms with Crippen molar-refractivity contribution in [1.82, 2.24) is 4.57 Å². The number of carbonyl (C=O) groups is 1. The van der Waals surface area contributed by atoms with Gasteiger partial charge < -0.3 is 9.30 Å². The second-order valence-corrected chi connectivity index (χ2v) is 6.79. The minimum atomic E-state index is -0.340. The van der Waals surface area contributed by atoms with Crippen LogP contribution in [0.1, 0.15) is 65.5 Å². The van der Waals surface area contributed by atoms with Crippen molar-refractivity contribution in [3.63, 3.8) is 0 Å². The van der Waals surface area contributed by atoms with Crippen LogP contribution >= 0.6 is 0 Å². The first-order valence-electron chi connectivity index (χ1n) is 9.01. The lowest BCUT2D eigenvalue weighted by Crippen LogP contribution is -2.15. The van der Waals surface area contributed by atoms with E-state index < -0.39 is 0 Å². The maximum absolute atomic E-state index is 11.6. The number of esters is 1. The second-order valence-electron chi connectivity index (χ2n) is 6.79. The lowest BCUT2D eigenvalue weighted by atomic mass is 9.95. The monoisotopic (exact) mass is 338 g/mol. The highest BCUT2D eigenvalue weighted by Crippen LogP contribution is 2.32. The van der Waals surface area contributed by atoms with Crippen molar-refractivity contribution >= 4 is 17.9 Å². The molecule has 0 saturated heterocycles. The zero-order valence-electron chi connectivity index (χ0n) is 15.3. The van der Waals surface area contributed by atoms with Gasteiger partial charge in [0.2, 0.25) is 0 Å². The predicted molar refractivity (Wildman–Crippen MR) is 101 cm³/mol. The number of carbonyl (C=O) groups excluding carboxylic acids is 1. The van der Waals surface area contributed by atoms with Gasteiger partial charge in [0, 0.05) is 29.2 Å². The van der Waals surface area contributed by atoms with Crippen molar-refractivity contribution in [2.75, 3.05) is 7.11 Å². The van der Waals surface area contributed by atoms with Crippen molar-refractivity contribution in [1.29, 1.82) is 0 Å². The van der Waals surface area contributed by atoms with Gasteiger partial charge in [0.15, 0.2) is 0 Å². The molecule has 0 amide bonds. The van der Waals surface area contributed by atoms with Gasteiger partial charge in [-0.15, -0.1) is 0 Å². The van der Waals surface area contributed by atoms with Crippen LogP contribution in [0.3, 0.4) is 0 Å². The summed E-state index contributed by atoms with van der Waals surface area (Å²) in [6.45, 7) is 4.35. The number of hydrogen-bond donors (Lipinski definition) is 0. The highest BCUT2D eigenvalue weighted by molar-refractivity contribution is 5.91.